The van der Waals surface area contributed by atoms with E-state index in [-0.39, 0.29) is 0 Å². The van der Waals surface area contributed by atoms with Gasteiger partial charge in [-0.2, -0.15) is 0 Å². The first-order valence-corrected chi connectivity index (χ1v) is 6.21. The first-order chi connectivity index (χ1) is 7.16. The predicted octanol–water partition coefficient (Wildman–Crippen LogP) is 2.40. The molecule has 3 nitrogen and oxygen atoms in total. The monoisotopic (exact) mass is 224 g/mol. The van der Waals surface area contributed by atoms with Gasteiger partial charge >= 0.3 is 0 Å². The number of thiazole rings is 1. The molecule has 0 saturated heterocycles. The predicted molar refractivity (Wildman–Crippen MR) is 62.5 cm³/mol. The van der Waals surface area contributed by atoms with Crippen LogP contribution in [0.4, 0.5) is 5.13 Å². The molecule has 15 heavy (non-hydrogen) atoms. The number of rotatable bonds is 2. The molecule has 0 bridgehead atoms. The fourth-order valence-corrected chi connectivity index (χ4v) is 2.81. The highest BCUT2D eigenvalue weighted by Gasteiger charge is 2.23. The largest absolute Gasteiger partial charge is 0.348 e. The van der Waals surface area contributed by atoms with Crippen molar-refractivity contribution in [3.05, 3.63) is 11.1 Å². The average molecular weight is 224 g/mol. The molecule has 0 amide bonds. The van der Waals surface area contributed by atoms with Gasteiger partial charge in [0.25, 0.3) is 0 Å². The Morgan fingerprint density at radius 1 is 1.47 bits per heavy atom. The van der Waals surface area contributed by atoms with Crippen molar-refractivity contribution >= 4 is 22.3 Å². The molecule has 0 aliphatic heterocycles. The third-order valence-electron chi connectivity index (χ3n) is 2.97. The van der Waals surface area contributed by atoms with Gasteiger partial charge in [-0.25, -0.2) is 4.98 Å². The van der Waals surface area contributed by atoms with Crippen molar-refractivity contribution in [3.63, 3.8) is 0 Å². The highest BCUT2D eigenvalue weighted by Crippen LogP contribution is 2.26. The number of aryl methyl sites for hydroxylation is 1. The molecule has 0 spiro atoms. The lowest BCUT2D eigenvalue weighted by molar-refractivity contribution is -0.120. The number of ketones is 1. The van der Waals surface area contributed by atoms with Crippen molar-refractivity contribution in [1.82, 2.24) is 4.98 Å². The summed E-state index contributed by atoms with van der Waals surface area (Å²) in [4.78, 5) is 17.8. The lowest BCUT2D eigenvalue weighted by Crippen LogP contribution is -2.35. The number of hydrogen-bond acceptors (Lipinski definition) is 4. The lowest BCUT2D eigenvalue weighted by Gasteiger charge is -2.30. The van der Waals surface area contributed by atoms with Gasteiger partial charge in [0.1, 0.15) is 5.78 Å². The van der Waals surface area contributed by atoms with Crippen molar-refractivity contribution < 1.29 is 4.79 Å². The second-order valence-corrected chi connectivity index (χ2v) is 4.99. The summed E-state index contributed by atoms with van der Waals surface area (Å²) in [5.74, 6) is 0.412. The summed E-state index contributed by atoms with van der Waals surface area (Å²) in [6.45, 7) is 2.01. The molecule has 1 aliphatic rings. The molecule has 1 heterocycles. The van der Waals surface area contributed by atoms with Crippen molar-refractivity contribution in [2.75, 3.05) is 11.9 Å². The van der Waals surface area contributed by atoms with Crippen LogP contribution < -0.4 is 4.90 Å². The van der Waals surface area contributed by atoms with E-state index >= 15 is 0 Å². The van der Waals surface area contributed by atoms with Crippen LogP contribution in [0, 0.1) is 6.92 Å². The molecule has 0 unspecified atom stereocenters. The SMILES string of the molecule is Cc1csc(N(C)C2CCC(=O)CC2)n1. The van der Waals surface area contributed by atoms with Crippen molar-refractivity contribution in [2.45, 2.75) is 38.6 Å². The molecule has 1 fully saturated rings. The molecule has 82 valence electrons. The van der Waals surface area contributed by atoms with Gasteiger partial charge in [-0.05, 0) is 19.8 Å². The number of aromatic nitrogens is 1. The quantitative estimate of drug-likeness (QED) is 0.773. The summed E-state index contributed by atoms with van der Waals surface area (Å²) < 4.78 is 0. The Morgan fingerprint density at radius 2 is 2.13 bits per heavy atom. The third kappa shape index (κ3) is 2.37. The molecule has 0 radical (unpaired) electrons. The van der Waals surface area contributed by atoms with Crippen LogP contribution in [-0.4, -0.2) is 23.9 Å². The first kappa shape index (κ1) is 10.6. The number of Topliss-reactive ketones (excluding diaryl/α,β-unsaturated/α-hetero) is 1. The molecule has 1 aliphatic carbocycles. The van der Waals surface area contributed by atoms with Gasteiger partial charge in [-0.15, -0.1) is 11.3 Å². The van der Waals surface area contributed by atoms with E-state index < -0.39 is 0 Å². The number of carbonyl (C=O) groups excluding carboxylic acids is 1. The van der Waals surface area contributed by atoms with E-state index in [1.165, 1.54) is 0 Å². The summed E-state index contributed by atoms with van der Waals surface area (Å²) in [6, 6.07) is 0.494. The molecular weight excluding hydrogens is 208 g/mol. The van der Waals surface area contributed by atoms with Gasteiger partial charge in [0.15, 0.2) is 5.13 Å². The zero-order chi connectivity index (χ0) is 10.8. The van der Waals surface area contributed by atoms with E-state index in [0.29, 0.717) is 11.8 Å². The van der Waals surface area contributed by atoms with E-state index in [9.17, 15) is 4.79 Å². The minimum atomic E-state index is 0.412. The van der Waals surface area contributed by atoms with Crippen LogP contribution in [0.1, 0.15) is 31.4 Å². The van der Waals surface area contributed by atoms with Gasteiger partial charge in [-0.3, -0.25) is 4.79 Å². The molecule has 4 heteroatoms. The Labute approximate surface area is 94.1 Å². The number of carbonyl (C=O) groups is 1. The molecule has 2 rings (SSSR count). The number of nitrogens with zero attached hydrogens (tertiary/aromatic N) is 2. The molecular formula is C11H16N2OS. The zero-order valence-corrected chi connectivity index (χ0v) is 10.0. The zero-order valence-electron chi connectivity index (χ0n) is 9.19. The fourth-order valence-electron chi connectivity index (χ4n) is 1.97. The van der Waals surface area contributed by atoms with E-state index in [4.69, 9.17) is 0 Å². The minimum Gasteiger partial charge on any atom is -0.348 e. The molecule has 0 N–H and O–H groups in total. The molecule has 1 aromatic rings. The van der Waals surface area contributed by atoms with E-state index in [1.54, 1.807) is 11.3 Å². The Hall–Kier alpha value is -0.900. The maximum Gasteiger partial charge on any atom is 0.185 e. The van der Waals surface area contributed by atoms with Crippen LogP contribution in [0.5, 0.6) is 0 Å². The summed E-state index contributed by atoms with van der Waals surface area (Å²) in [5.41, 5.74) is 1.08. The molecule has 1 saturated carbocycles. The third-order valence-corrected chi connectivity index (χ3v) is 4.02. The summed E-state index contributed by atoms with van der Waals surface area (Å²) in [7, 11) is 2.08. The highest BCUT2D eigenvalue weighted by molar-refractivity contribution is 7.13. The van der Waals surface area contributed by atoms with Gasteiger partial charge < -0.3 is 4.90 Å². The maximum absolute atomic E-state index is 11.1. The minimum absolute atomic E-state index is 0.412. The molecule has 1 aromatic heterocycles. The smallest absolute Gasteiger partial charge is 0.185 e. The van der Waals surface area contributed by atoms with Gasteiger partial charge in [-0.1, -0.05) is 0 Å². The van der Waals surface area contributed by atoms with E-state index in [0.717, 1.165) is 36.5 Å². The highest BCUT2D eigenvalue weighted by atomic mass is 32.1. The Bertz CT molecular complexity index is 351. The Morgan fingerprint density at radius 3 is 2.67 bits per heavy atom. The van der Waals surface area contributed by atoms with Gasteiger partial charge in [0, 0.05) is 31.3 Å². The van der Waals surface area contributed by atoms with Crippen molar-refractivity contribution in [1.29, 1.82) is 0 Å². The van der Waals surface area contributed by atoms with Crippen LogP contribution >= 0.6 is 11.3 Å². The van der Waals surface area contributed by atoms with Crippen LogP contribution in [0.2, 0.25) is 0 Å². The Kier molecular flexibility index (Phi) is 3.05. The summed E-state index contributed by atoms with van der Waals surface area (Å²) >= 11 is 1.68. The molecule has 0 aromatic carbocycles. The standard InChI is InChI=1S/C11H16N2OS/c1-8-7-15-11(12-8)13(2)9-3-5-10(14)6-4-9/h7,9H,3-6H2,1-2H3. The summed E-state index contributed by atoms with van der Waals surface area (Å²) in [5, 5.41) is 3.15. The van der Waals surface area contributed by atoms with E-state index in [2.05, 4.69) is 22.3 Å². The van der Waals surface area contributed by atoms with Crippen LogP contribution in [0.25, 0.3) is 0 Å². The maximum atomic E-state index is 11.1. The topological polar surface area (TPSA) is 33.2 Å². The summed E-state index contributed by atoms with van der Waals surface area (Å²) in [6.07, 6.45) is 3.43. The first-order valence-electron chi connectivity index (χ1n) is 5.33. The van der Waals surface area contributed by atoms with Crippen molar-refractivity contribution in [2.24, 2.45) is 0 Å². The van der Waals surface area contributed by atoms with E-state index in [1.807, 2.05) is 6.92 Å². The van der Waals surface area contributed by atoms with Gasteiger partial charge in [0.2, 0.25) is 0 Å². The number of hydrogen-bond donors (Lipinski definition) is 0. The average Bonchev–Trinajstić information content (AvgIpc) is 2.65. The second kappa shape index (κ2) is 4.31. The van der Waals surface area contributed by atoms with Crippen molar-refractivity contribution in [3.8, 4) is 0 Å². The lowest BCUT2D eigenvalue weighted by atomic mass is 9.94. The normalized spacial score (nSPS) is 18.1. The second-order valence-electron chi connectivity index (χ2n) is 4.15. The molecule has 0 atom stereocenters. The Balaban J connectivity index is 2.02. The number of anilines is 1. The van der Waals surface area contributed by atoms with Crippen LogP contribution in [-0.2, 0) is 4.79 Å². The van der Waals surface area contributed by atoms with Crippen LogP contribution in [0.3, 0.4) is 0 Å². The fraction of sp³-hybridized carbons (Fsp3) is 0.636. The van der Waals surface area contributed by atoms with Gasteiger partial charge in [0.05, 0.1) is 5.69 Å². The van der Waals surface area contributed by atoms with Crippen LogP contribution in [0.15, 0.2) is 5.38 Å².